The van der Waals surface area contributed by atoms with Gasteiger partial charge in [-0.2, -0.15) is 0 Å². The van der Waals surface area contributed by atoms with E-state index in [1.54, 1.807) is 12.1 Å². The van der Waals surface area contributed by atoms with E-state index < -0.39 is 11.0 Å². The van der Waals surface area contributed by atoms with Crippen molar-refractivity contribution in [3.63, 3.8) is 0 Å². The number of nitro benzene ring substituents is 1. The van der Waals surface area contributed by atoms with Crippen LogP contribution in [0.1, 0.15) is 34.8 Å². The average Bonchev–Trinajstić information content (AvgIpc) is 2.93. The Morgan fingerprint density at radius 1 is 0.973 bits per heavy atom. The molecule has 0 spiro atoms. The molecule has 190 valence electrons. The lowest BCUT2D eigenvalue weighted by molar-refractivity contribution is -0.938. The van der Waals surface area contributed by atoms with Gasteiger partial charge in [-0.1, -0.05) is 60.7 Å². The fourth-order valence-electron chi connectivity index (χ4n) is 5.61. The summed E-state index contributed by atoms with van der Waals surface area (Å²) in [6, 6.07) is 24.3. The molecular formula is C29H30N3O5+. The lowest BCUT2D eigenvalue weighted by Crippen LogP contribution is -2.65. The van der Waals surface area contributed by atoms with Gasteiger partial charge in [-0.15, -0.1) is 0 Å². The number of anilines is 1. The quantitative estimate of drug-likeness (QED) is 0.149. The van der Waals surface area contributed by atoms with E-state index in [2.05, 4.69) is 5.32 Å². The summed E-state index contributed by atoms with van der Waals surface area (Å²) in [7, 11) is 0. The van der Waals surface area contributed by atoms with Crippen LogP contribution in [0, 0.1) is 16.0 Å². The van der Waals surface area contributed by atoms with Gasteiger partial charge in [0.05, 0.1) is 18.0 Å². The second-order valence-corrected chi connectivity index (χ2v) is 10.0. The molecule has 6 rings (SSSR count). The van der Waals surface area contributed by atoms with Crippen LogP contribution in [0.5, 0.6) is 0 Å². The second kappa shape index (κ2) is 10.5. The number of nitro groups is 1. The van der Waals surface area contributed by atoms with Gasteiger partial charge in [-0.3, -0.25) is 14.9 Å². The van der Waals surface area contributed by atoms with Gasteiger partial charge in [0.1, 0.15) is 13.1 Å². The zero-order valence-corrected chi connectivity index (χ0v) is 20.5. The summed E-state index contributed by atoms with van der Waals surface area (Å²) in [5.41, 5.74) is 1.91. The van der Waals surface area contributed by atoms with Crippen LogP contribution in [0.15, 0.2) is 84.9 Å². The highest BCUT2D eigenvalue weighted by Crippen LogP contribution is 2.37. The highest BCUT2D eigenvalue weighted by atomic mass is 16.6. The normalized spacial score (nSPS) is 23.1. The van der Waals surface area contributed by atoms with E-state index in [4.69, 9.17) is 4.74 Å². The number of nitrogens with one attached hydrogen (secondary N) is 1. The van der Waals surface area contributed by atoms with E-state index in [1.165, 1.54) is 12.1 Å². The average molecular weight is 501 g/mol. The van der Waals surface area contributed by atoms with E-state index in [0.717, 1.165) is 37.2 Å². The van der Waals surface area contributed by atoms with Crippen molar-refractivity contribution in [1.82, 2.24) is 0 Å². The van der Waals surface area contributed by atoms with Gasteiger partial charge in [-0.25, -0.2) is 4.79 Å². The van der Waals surface area contributed by atoms with Crippen LogP contribution in [0.25, 0.3) is 0 Å². The number of Topliss-reactive ketones (excluding diaryl/α,β-unsaturated/α-hetero) is 1. The highest BCUT2D eigenvalue weighted by Gasteiger charge is 2.49. The minimum atomic E-state index is -0.654. The number of benzene rings is 3. The number of ketones is 1. The Labute approximate surface area is 215 Å². The number of carbonyl (C=O) groups excluding carboxylic acids is 2. The standard InChI is InChI=1S/C29H30N3O5/c33-26(23-10-7-13-25(18-23)31(35)36)19-32-16-14-21(15-17-32)27(20-32)37-29(34)28(22-8-3-1-4-9-22)30-24-11-5-2-6-12-24/h1-13,18,21,27-28,30H,14-17,19-20H2/q+1/t21?,27-,28+,32?/m0/s1. The van der Waals surface area contributed by atoms with Gasteiger partial charge in [0.2, 0.25) is 5.78 Å². The van der Waals surface area contributed by atoms with Gasteiger partial charge < -0.3 is 14.5 Å². The lowest BCUT2D eigenvalue weighted by atomic mass is 9.82. The Morgan fingerprint density at radius 2 is 1.65 bits per heavy atom. The Morgan fingerprint density at radius 3 is 2.32 bits per heavy atom. The van der Waals surface area contributed by atoms with E-state index in [-0.39, 0.29) is 36.0 Å². The van der Waals surface area contributed by atoms with Crippen molar-refractivity contribution in [2.24, 2.45) is 5.92 Å². The number of nitrogens with zero attached hydrogens (tertiary/aromatic N) is 2. The summed E-state index contributed by atoms with van der Waals surface area (Å²) in [5, 5.41) is 14.5. The minimum Gasteiger partial charge on any atom is -0.454 e. The molecule has 3 aliphatic rings. The molecule has 3 aliphatic heterocycles. The van der Waals surface area contributed by atoms with Crippen LogP contribution in [-0.2, 0) is 9.53 Å². The fourth-order valence-corrected chi connectivity index (χ4v) is 5.61. The molecule has 2 atom stereocenters. The number of non-ortho nitro benzene ring substituents is 1. The molecule has 3 saturated heterocycles. The van der Waals surface area contributed by atoms with Crippen molar-refractivity contribution in [3.05, 3.63) is 106 Å². The van der Waals surface area contributed by atoms with Crippen LogP contribution in [0.3, 0.4) is 0 Å². The molecule has 0 saturated carbocycles. The molecule has 1 N–H and O–H groups in total. The van der Waals surface area contributed by atoms with Gasteiger partial charge in [0.15, 0.2) is 12.1 Å². The molecule has 3 aromatic carbocycles. The van der Waals surface area contributed by atoms with E-state index in [9.17, 15) is 19.7 Å². The minimum absolute atomic E-state index is 0.0899. The predicted molar refractivity (Wildman–Crippen MR) is 139 cm³/mol. The molecule has 8 nitrogen and oxygen atoms in total. The summed E-state index contributed by atoms with van der Waals surface area (Å²) in [4.78, 5) is 37.3. The number of para-hydroxylation sites is 1. The number of ether oxygens (including phenoxy) is 1. The number of piperidine rings is 3. The maximum Gasteiger partial charge on any atom is 0.333 e. The number of esters is 1. The molecule has 0 amide bonds. The SMILES string of the molecule is O=C(C[N+]12CCC(CC1)[C@@H](OC(=O)[C@H](Nc1ccccc1)c1ccccc1)C2)c1cccc([N+](=O)[O-])c1. The van der Waals surface area contributed by atoms with Gasteiger partial charge in [0, 0.05) is 42.1 Å². The largest absolute Gasteiger partial charge is 0.454 e. The molecular weight excluding hydrogens is 470 g/mol. The molecule has 0 unspecified atom stereocenters. The van der Waals surface area contributed by atoms with Crippen molar-refractivity contribution in [1.29, 1.82) is 0 Å². The number of hydrogen-bond acceptors (Lipinski definition) is 6. The fraction of sp³-hybridized carbons (Fsp3) is 0.310. The third-order valence-corrected chi connectivity index (χ3v) is 7.62. The molecule has 3 heterocycles. The van der Waals surface area contributed by atoms with Crippen molar-refractivity contribution >= 4 is 23.1 Å². The Bertz CT molecular complexity index is 1270. The van der Waals surface area contributed by atoms with E-state index in [1.807, 2.05) is 60.7 Å². The summed E-state index contributed by atoms with van der Waals surface area (Å²) in [6.45, 7) is 2.49. The van der Waals surface area contributed by atoms with E-state index in [0.29, 0.717) is 16.6 Å². The summed E-state index contributed by atoms with van der Waals surface area (Å²) in [6.07, 6.45) is 1.47. The highest BCUT2D eigenvalue weighted by molar-refractivity contribution is 5.97. The van der Waals surface area contributed by atoms with Crippen LogP contribution >= 0.6 is 0 Å². The Hall–Kier alpha value is -4.04. The van der Waals surface area contributed by atoms with Crippen LogP contribution < -0.4 is 5.32 Å². The van der Waals surface area contributed by atoms with Crippen molar-refractivity contribution in [2.75, 3.05) is 31.5 Å². The maximum atomic E-state index is 13.5. The van der Waals surface area contributed by atoms with Gasteiger partial charge in [0.25, 0.3) is 5.69 Å². The van der Waals surface area contributed by atoms with Gasteiger partial charge in [-0.05, 0) is 17.7 Å². The lowest BCUT2D eigenvalue weighted by Gasteiger charge is -2.51. The van der Waals surface area contributed by atoms with Crippen molar-refractivity contribution in [3.8, 4) is 0 Å². The smallest absolute Gasteiger partial charge is 0.333 e. The molecule has 0 radical (unpaired) electrons. The Balaban J connectivity index is 1.31. The Kier molecular flexibility index (Phi) is 7.01. The topological polar surface area (TPSA) is 98.5 Å². The van der Waals surface area contributed by atoms with Crippen LogP contribution in [0.2, 0.25) is 0 Å². The summed E-state index contributed by atoms with van der Waals surface area (Å²) in [5.74, 6) is -0.191. The van der Waals surface area contributed by atoms with Crippen molar-refractivity contribution < 1.29 is 23.7 Å². The third-order valence-electron chi connectivity index (χ3n) is 7.62. The second-order valence-electron chi connectivity index (χ2n) is 10.0. The third kappa shape index (κ3) is 5.54. The molecule has 3 fully saturated rings. The van der Waals surface area contributed by atoms with Crippen molar-refractivity contribution in [2.45, 2.75) is 25.0 Å². The van der Waals surface area contributed by atoms with E-state index >= 15 is 0 Å². The number of hydrogen-bond donors (Lipinski definition) is 1. The first-order chi connectivity index (χ1) is 17.9. The summed E-state index contributed by atoms with van der Waals surface area (Å²) >= 11 is 0. The zero-order valence-electron chi connectivity index (χ0n) is 20.5. The number of rotatable bonds is 9. The van der Waals surface area contributed by atoms with Gasteiger partial charge >= 0.3 is 5.97 Å². The molecule has 0 aromatic heterocycles. The van der Waals surface area contributed by atoms with Crippen LogP contribution in [-0.4, -0.2) is 53.4 Å². The molecule has 2 bridgehead atoms. The first-order valence-corrected chi connectivity index (χ1v) is 12.6. The molecule has 8 heteroatoms. The molecule has 3 aromatic rings. The first kappa shape index (κ1) is 24.6. The maximum absolute atomic E-state index is 13.5. The molecule has 0 aliphatic carbocycles. The number of fused-ring (bicyclic) bond motifs is 3. The number of quaternary nitrogens is 1. The monoisotopic (exact) mass is 500 g/mol. The summed E-state index contributed by atoms with van der Waals surface area (Å²) < 4.78 is 6.70. The first-order valence-electron chi connectivity index (χ1n) is 12.6. The molecule has 37 heavy (non-hydrogen) atoms. The number of carbonyl (C=O) groups is 2. The zero-order chi connectivity index (χ0) is 25.8. The van der Waals surface area contributed by atoms with Crippen LogP contribution in [0.4, 0.5) is 11.4 Å². The predicted octanol–water partition coefficient (Wildman–Crippen LogP) is 4.78.